The van der Waals surface area contributed by atoms with Crippen LogP contribution in [0.25, 0.3) is 0 Å². The molecule has 0 heterocycles. The van der Waals surface area contributed by atoms with Gasteiger partial charge in [-0.25, -0.2) is 4.79 Å². The van der Waals surface area contributed by atoms with E-state index in [9.17, 15) is 4.79 Å². The van der Waals surface area contributed by atoms with Crippen molar-refractivity contribution in [3.8, 4) is 0 Å². The van der Waals surface area contributed by atoms with Gasteiger partial charge in [-0.15, -0.1) is 0 Å². The molecule has 170 valence electrons. The van der Waals surface area contributed by atoms with E-state index < -0.39 is 12.1 Å². The second kappa shape index (κ2) is 23.2. The van der Waals surface area contributed by atoms with E-state index in [1.165, 1.54) is 96.3 Å². The van der Waals surface area contributed by atoms with E-state index in [4.69, 9.17) is 10.2 Å². The van der Waals surface area contributed by atoms with Crippen molar-refractivity contribution in [3.63, 3.8) is 0 Å². The van der Waals surface area contributed by atoms with Crippen LogP contribution in [0.5, 0.6) is 0 Å². The zero-order chi connectivity index (χ0) is 21.4. The molecule has 0 saturated carbocycles. The fourth-order valence-corrected chi connectivity index (χ4v) is 3.50. The summed E-state index contributed by atoms with van der Waals surface area (Å²) in [4.78, 5) is 10.5. The lowest BCUT2D eigenvalue weighted by molar-refractivity contribution is -0.146. The molecule has 2 N–H and O–H groups in total. The molecule has 0 aliphatic heterocycles. The van der Waals surface area contributed by atoms with Crippen molar-refractivity contribution in [2.75, 3.05) is 0 Å². The van der Waals surface area contributed by atoms with Gasteiger partial charge in [-0.1, -0.05) is 115 Å². The molecule has 0 unspecified atom stereocenters. The quantitative estimate of drug-likeness (QED) is 0.141. The summed E-state index contributed by atoms with van der Waals surface area (Å²) in [7, 11) is 0. The number of allylic oxidation sites excluding steroid dienone is 4. The lowest BCUT2D eigenvalue weighted by Crippen LogP contribution is -2.18. The molecular weight excluding hydrogens is 360 g/mol. The molecule has 1 atom stereocenters. The van der Waals surface area contributed by atoms with E-state index >= 15 is 0 Å². The minimum absolute atomic E-state index is 0.292. The lowest BCUT2D eigenvalue weighted by atomic mass is 10.0. The normalized spacial score (nSPS) is 12.9. The van der Waals surface area contributed by atoms with Crippen LogP contribution >= 0.6 is 0 Å². The topological polar surface area (TPSA) is 57.5 Å². The largest absolute Gasteiger partial charge is 0.479 e. The van der Waals surface area contributed by atoms with Crippen LogP contribution in [-0.4, -0.2) is 22.3 Å². The number of hydrogen-bond acceptors (Lipinski definition) is 2. The fourth-order valence-electron chi connectivity index (χ4n) is 3.50. The molecule has 0 amide bonds. The van der Waals surface area contributed by atoms with Crippen molar-refractivity contribution in [1.82, 2.24) is 0 Å². The number of unbranched alkanes of at least 4 members (excludes halogenated alkanes) is 15. The Morgan fingerprint density at radius 2 is 1.00 bits per heavy atom. The van der Waals surface area contributed by atoms with Crippen molar-refractivity contribution in [1.29, 1.82) is 0 Å². The first-order valence-corrected chi connectivity index (χ1v) is 12.4. The molecule has 29 heavy (non-hydrogen) atoms. The van der Waals surface area contributed by atoms with Crippen LogP contribution in [-0.2, 0) is 4.79 Å². The van der Waals surface area contributed by atoms with Gasteiger partial charge in [0.05, 0.1) is 0 Å². The third-order valence-corrected chi connectivity index (χ3v) is 5.45. The van der Waals surface area contributed by atoms with Gasteiger partial charge in [-0.3, -0.25) is 0 Å². The van der Waals surface area contributed by atoms with Crippen LogP contribution in [0.1, 0.15) is 129 Å². The van der Waals surface area contributed by atoms with E-state index in [0.717, 1.165) is 12.8 Å². The maximum atomic E-state index is 10.5. The van der Waals surface area contributed by atoms with Crippen molar-refractivity contribution in [3.05, 3.63) is 24.3 Å². The Balaban J connectivity index is 3.20. The summed E-state index contributed by atoms with van der Waals surface area (Å²) in [6, 6.07) is 0. The maximum Gasteiger partial charge on any atom is 0.332 e. The van der Waals surface area contributed by atoms with Crippen LogP contribution in [0.15, 0.2) is 24.3 Å². The van der Waals surface area contributed by atoms with Crippen LogP contribution in [0.3, 0.4) is 0 Å². The van der Waals surface area contributed by atoms with E-state index in [0.29, 0.717) is 12.8 Å². The third-order valence-electron chi connectivity index (χ3n) is 5.45. The molecule has 0 bridgehead atoms. The SMILES string of the molecule is CCCCCCCCCCCCCCCC/C=C\CC/C=C\CC[C@@H](O)C(=O)O. The Bertz CT molecular complexity index is 401. The Kier molecular flexibility index (Phi) is 22.3. The molecule has 0 rings (SSSR count). The molecule has 0 aliphatic carbocycles. The standard InChI is InChI=1S/C26H48O3/c1-2-3-4-5-6-7-8-9-10-11-12-13-14-15-16-17-18-19-20-21-22-23-24-25(27)26(28)29/h17-18,21-22,25,27H,2-16,19-20,23-24H2,1H3,(H,28,29)/b18-17-,22-21-/t25-/m1/s1. The Hall–Kier alpha value is -1.09. The lowest BCUT2D eigenvalue weighted by Gasteiger charge is -2.02. The second-order valence-corrected chi connectivity index (χ2v) is 8.34. The molecule has 3 nitrogen and oxygen atoms in total. The van der Waals surface area contributed by atoms with Gasteiger partial charge in [-0.05, 0) is 38.5 Å². The van der Waals surface area contributed by atoms with Crippen LogP contribution < -0.4 is 0 Å². The summed E-state index contributed by atoms with van der Waals surface area (Å²) in [5.74, 6) is -1.13. The smallest absolute Gasteiger partial charge is 0.332 e. The number of carbonyl (C=O) groups is 1. The van der Waals surface area contributed by atoms with Gasteiger partial charge in [0.2, 0.25) is 0 Å². The molecular formula is C26H48O3. The predicted octanol–water partition coefficient (Wildman–Crippen LogP) is 7.98. The fraction of sp³-hybridized carbons (Fsp3) is 0.808. The number of hydrogen-bond donors (Lipinski definition) is 2. The van der Waals surface area contributed by atoms with Gasteiger partial charge in [0, 0.05) is 0 Å². The Morgan fingerprint density at radius 3 is 1.45 bits per heavy atom. The van der Waals surface area contributed by atoms with Crippen LogP contribution in [0, 0.1) is 0 Å². The first-order valence-electron chi connectivity index (χ1n) is 12.4. The number of carboxylic acid groups (broad SMARTS) is 1. The number of aliphatic hydroxyl groups excluding tert-OH is 1. The average molecular weight is 409 g/mol. The second-order valence-electron chi connectivity index (χ2n) is 8.34. The van der Waals surface area contributed by atoms with Gasteiger partial charge in [0.25, 0.3) is 0 Å². The van der Waals surface area contributed by atoms with Gasteiger partial charge in [-0.2, -0.15) is 0 Å². The van der Waals surface area contributed by atoms with E-state index in [2.05, 4.69) is 25.2 Å². The first-order chi connectivity index (χ1) is 14.2. The van der Waals surface area contributed by atoms with Crippen molar-refractivity contribution < 1.29 is 15.0 Å². The van der Waals surface area contributed by atoms with Gasteiger partial charge < -0.3 is 10.2 Å². The molecule has 0 radical (unpaired) electrons. The molecule has 0 aromatic rings. The molecule has 0 fully saturated rings. The zero-order valence-corrected chi connectivity index (χ0v) is 19.1. The molecule has 0 aromatic carbocycles. The highest BCUT2D eigenvalue weighted by atomic mass is 16.4. The van der Waals surface area contributed by atoms with Crippen LogP contribution in [0.4, 0.5) is 0 Å². The molecule has 0 aliphatic rings. The van der Waals surface area contributed by atoms with Crippen molar-refractivity contribution >= 4 is 5.97 Å². The van der Waals surface area contributed by atoms with E-state index in [-0.39, 0.29) is 0 Å². The molecule has 0 aromatic heterocycles. The van der Waals surface area contributed by atoms with Gasteiger partial charge in [0.15, 0.2) is 6.10 Å². The number of carboxylic acids is 1. The minimum atomic E-state index is -1.23. The highest BCUT2D eigenvalue weighted by Crippen LogP contribution is 2.13. The van der Waals surface area contributed by atoms with E-state index in [1.54, 1.807) is 0 Å². The van der Waals surface area contributed by atoms with Gasteiger partial charge >= 0.3 is 5.97 Å². The number of aliphatic carboxylic acids is 1. The average Bonchev–Trinajstić information content (AvgIpc) is 2.71. The minimum Gasteiger partial charge on any atom is -0.479 e. The summed E-state index contributed by atoms with van der Waals surface area (Å²) in [6.07, 6.45) is 31.2. The van der Waals surface area contributed by atoms with Crippen molar-refractivity contribution in [2.45, 2.75) is 135 Å². The monoisotopic (exact) mass is 408 g/mol. The number of aliphatic hydroxyl groups is 1. The van der Waals surface area contributed by atoms with Crippen LogP contribution in [0.2, 0.25) is 0 Å². The summed E-state index contributed by atoms with van der Waals surface area (Å²) >= 11 is 0. The summed E-state index contributed by atoms with van der Waals surface area (Å²) < 4.78 is 0. The van der Waals surface area contributed by atoms with Crippen molar-refractivity contribution in [2.24, 2.45) is 0 Å². The predicted molar refractivity (Wildman–Crippen MR) is 125 cm³/mol. The highest BCUT2D eigenvalue weighted by Gasteiger charge is 2.10. The molecule has 0 spiro atoms. The number of rotatable bonds is 22. The Morgan fingerprint density at radius 1 is 0.621 bits per heavy atom. The third kappa shape index (κ3) is 23.1. The van der Waals surface area contributed by atoms with E-state index in [1.807, 2.05) is 6.08 Å². The zero-order valence-electron chi connectivity index (χ0n) is 19.1. The first kappa shape index (κ1) is 27.9. The summed E-state index contributed by atoms with van der Waals surface area (Å²) in [5, 5.41) is 17.7. The molecule has 0 saturated heterocycles. The Labute approximate surface area is 180 Å². The molecule has 3 heteroatoms. The summed E-state index contributed by atoms with van der Waals surface area (Å²) in [6.45, 7) is 2.28. The summed E-state index contributed by atoms with van der Waals surface area (Å²) in [5.41, 5.74) is 0. The highest BCUT2D eigenvalue weighted by molar-refractivity contribution is 5.71. The van der Waals surface area contributed by atoms with Gasteiger partial charge in [0.1, 0.15) is 0 Å². The maximum absolute atomic E-state index is 10.5.